The second kappa shape index (κ2) is 5.48. The van der Waals surface area contributed by atoms with Crippen molar-refractivity contribution in [2.24, 2.45) is 0 Å². The second-order valence-corrected chi connectivity index (χ2v) is 4.27. The Balaban J connectivity index is 2.09. The van der Waals surface area contributed by atoms with Crippen LogP contribution in [0.5, 0.6) is 0 Å². The Morgan fingerprint density at radius 1 is 1.29 bits per heavy atom. The number of piperidine rings is 1. The Labute approximate surface area is 101 Å². The van der Waals surface area contributed by atoms with Gasteiger partial charge in [0, 0.05) is 13.1 Å². The molecule has 0 atom stereocenters. The minimum Gasteiger partial charge on any atom is -0.366 e. The number of nitro groups is 1. The van der Waals surface area contributed by atoms with E-state index in [1.807, 2.05) is 18.2 Å². The normalized spacial score (nSPS) is 18.4. The van der Waals surface area contributed by atoms with Gasteiger partial charge in [-0.3, -0.25) is 10.1 Å². The van der Waals surface area contributed by atoms with Crippen LogP contribution in [0, 0.1) is 10.1 Å². The van der Waals surface area contributed by atoms with Crippen molar-refractivity contribution in [2.75, 3.05) is 6.54 Å². The molecule has 0 radical (unpaired) electrons. The van der Waals surface area contributed by atoms with Gasteiger partial charge in [-0.1, -0.05) is 30.3 Å². The maximum atomic E-state index is 10.6. The van der Waals surface area contributed by atoms with Gasteiger partial charge in [-0.25, -0.2) is 0 Å². The van der Waals surface area contributed by atoms with Crippen molar-refractivity contribution in [3.63, 3.8) is 0 Å². The van der Waals surface area contributed by atoms with Crippen LogP contribution >= 0.6 is 0 Å². The highest BCUT2D eigenvalue weighted by Crippen LogP contribution is 2.22. The lowest BCUT2D eigenvalue weighted by Crippen LogP contribution is -2.28. The number of hydrogen-bond donors (Lipinski definition) is 0. The van der Waals surface area contributed by atoms with Gasteiger partial charge in [0.1, 0.15) is 0 Å². The van der Waals surface area contributed by atoms with Crippen LogP contribution in [0.15, 0.2) is 42.2 Å². The van der Waals surface area contributed by atoms with Crippen LogP contribution in [0.1, 0.15) is 24.8 Å². The van der Waals surface area contributed by atoms with Crippen molar-refractivity contribution in [3.05, 3.63) is 57.9 Å². The summed E-state index contributed by atoms with van der Waals surface area (Å²) in [5.74, 6) is 0. The van der Waals surface area contributed by atoms with Crippen LogP contribution in [0.3, 0.4) is 0 Å². The number of benzene rings is 1. The molecule has 17 heavy (non-hydrogen) atoms. The zero-order valence-corrected chi connectivity index (χ0v) is 9.71. The second-order valence-electron chi connectivity index (χ2n) is 4.27. The molecule has 0 unspecified atom stereocenters. The zero-order chi connectivity index (χ0) is 12.1. The van der Waals surface area contributed by atoms with Gasteiger partial charge in [-0.15, -0.1) is 0 Å². The van der Waals surface area contributed by atoms with Crippen molar-refractivity contribution in [2.45, 2.75) is 25.8 Å². The maximum Gasteiger partial charge on any atom is 0.253 e. The van der Waals surface area contributed by atoms with Crippen molar-refractivity contribution in [1.82, 2.24) is 4.90 Å². The SMILES string of the molecule is O=[N+]([O-])C=C1CCCCN1Cc1ccccc1. The first-order valence-electron chi connectivity index (χ1n) is 5.89. The molecular formula is C13H16N2O2. The third-order valence-electron chi connectivity index (χ3n) is 2.99. The molecule has 1 aromatic rings. The first-order valence-corrected chi connectivity index (χ1v) is 5.89. The highest BCUT2D eigenvalue weighted by molar-refractivity contribution is 5.16. The number of rotatable bonds is 3. The topological polar surface area (TPSA) is 46.4 Å². The summed E-state index contributed by atoms with van der Waals surface area (Å²) < 4.78 is 0. The average Bonchev–Trinajstić information content (AvgIpc) is 2.32. The summed E-state index contributed by atoms with van der Waals surface area (Å²) in [5.41, 5.74) is 2.05. The van der Waals surface area contributed by atoms with E-state index >= 15 is 0 Å². The quantitative estimate of drug-likeness (QED) is 0.594. The zero-order valence-electron chi connectivity index (χ0n) is 9.71. The third-order valence-corrected chi connectivity index (χ3v) is 2.99. The predicted octanol–water partition coefficient (Wildman–Crippen LogP) is 2.79. The molecule has 1 aliphatic heterocycles. The van der Waals surface area contributed by atoms with Crippen LogP contribution in [0.25, 0.3) is 0 Å². The van der Waals surface area contributed by atoms with E-state index in [-0.39, 0.29) is 4.92 Å². The molecule has 0 aromatic heterocycles. The molecule has 2 rings (SSSR count). The molecule has 4 nitrogen and oxygen atoms in total. The first kappa shape index (κ1) is 11.6. The molecule has 1 aliphatic rings. The summed E-state index contributed by atoms with van der Waals surface area (Å²) in [7, 11) is 0. The molecule has 0 N–H and O–H groups in total. The van der Waals surface area contributed by atoms with Gasteiger partial charge >= 0.3 is 0 Å². The Hall–Kier alpha value is -1.84. The van der Waals surface area contributed by atoms with E-state index in [2.05, 4.69) is 17.0 Å². The molecule has 1 aromatic carbocycles. The molecule has 1 saturated heterocycles. The largest absolute Gasteiger partial charge is 0.366 e. The average molecular weight is 232 g/mol. The van der Waals surface area contributed by atoms with Crippen molar-refractivity contribution >= 4 is 0 Å². The van der Waals surface area contributed by atoms with Crippen LogP contribution in [-0.2, 0) is 6.54 Å². The fourth-order valence-electron chi connectivity index (χ4n) is 2.16. The van der Waals surface area contributed by atoms with E-state index in [0.717, 1.165) is 44.2 Å². The summed E-state index contributed by atoms with van der Waals surface area (Å²) in [6.07, 6.45) is 4.13. The highest BCUT2D eigenvalue weighted by atomic mass is 16.6. The van der Waals surface area contributed by atoms with E-state index < -0.39 is 0 Å². The van der Waals surface area contributed by atoms with Crippen LogP contribution in [0.2, 0.25) is 0 Å². The summed E-state index contributed by atoms with van der Waals surface area (Å²) in [6.45, 7) is 1.68. The standard InChI is InChI=1S/C13H16N2O2/c16-15(17)11-13-8-4-5-9-14(13)10-12-6-2-1-3-7-12/h1-3,6-7,11H,4-5,8-10H2. The van der Waals surface area contributed by atoms with Crippen LogP contribution < -0.4 is 0 Å². The molecule has 0 aliphatic carbocycles. The Morgan fingerprint density at radius 2 is 2.06 bits per heavy atom. The lowest BCUT2D eigenvalue weighted by atomic mass is 10.1. The number of nitrogens with zero attached hydrogens (tertiary/aromatic N) is 2. The van der Waals surface area contributed by atoms with Gasteiger partial charge in [-0.05, 0) is 24.8 Å². The molecule has 0 bridgehead atoms. The molecule has 0 amide bonds. The lowest BCUT2D eigenvalue weighted by molar-refractivity contribution is -0.404. The van der Waals surface area contributed by atoms with Crippen LogP contribution in [0.4, 0.5) is 0 Å². The fourth-order valence-corrected chi connectivity index (χ4v) is 2.16. The summed E-state index contributed by atoms with van der Waals surface area (Å²) in [5, 5.41) is 10.6. The number of allylic oxidation sites excluding steroid dienone is 1. The van der Waals surface area contributed by atoms with Gasteiger partial charge in [0.25, 0.3) is 6.20 Å². The maximum absolute atomic E-state index is 10.6. The summed E-state index contributed by atoms with van der Waals surface area (Å²) in [6, 6.07) is 10.1. The van der Waals surface area contributed by atoms with Crippen molar-refractivity contribution in [3.8, 4) is 0 Å². The Bertz CT molecular complexity index is 415. The summed E-state index contributed by atoms with van der Waals surface area (Å²) >= 11 is 0. The van der Waals surface area contributed by atoms with Crippen LogP contribution in [-0.4, -0.2) is 16.4 Å². The molecular weight excluding hydrogens is 216 g/mol. The minimum atomic E-state index is -0.349. The first-order chi connectivity index (χ1) is 8.25. The predicted molar refractivity (Wildman–Crippen MR) is 65.8 cm³/mol. The monoisotopic (exact) mass is 232 g/mol. The number of likely N-dealkylation sites (tertiary alicyclic amines) is 1. The lowest BCUT2D eigenvalue weighted by Gasteiger charge is -2.30. The van der Waals surface area contributed by atoms with E-state index in [1.165, 1.54) is 5.56 Å². The Kier molecular flexibility index (Phi) is 3.75. The highest BCUT2D eigenvalue weighted by Gasteiger charge is 2.17. The van der Waals surface area contributed by atoms with Crippen molar-refractivity contribution in [1.29, 1.82) is 0 Å². The van der Waals surface area contributed by atoms with Gasteiger partial charge in [0.05, 0.1) is 10.6 Å². The molecule has 1 fully saturated rings. The smallest absolute Gasteiger partial charge is 0.253 e. The summed E-state index contributed by atoms with van der Waals surface area (Å²) in [4.78, 5) is 12.3. The molecule has 4 heteroatoms. The van der Waals surface area contributed by atoms with Gasteiger partial charge < -0.3 is 4.90 Å². The molecule has 90 valence electrons. The van der Waals surface area contributed by atoms with E-state index in [4.69, 9.17) is 0 Å². The minimum absolute atomic E-state index is 0.349. The van der Waals surface area contributed by atoms with Gasteiger partial charge in [0.2, 0.25) is 0 Å². The molecule has 1 heterocycles. The fraction of sp³-hybridized carbons (Fsp3) is 0.385. The van der Waals surface area contributed by atoms with E-state index in [1.54, 1.807) is 0 Å². The molecule has 0 saturated carbocycles. The van der Waals surface area contributed by atoms with Gasteiger partial charge in [-0.2, -0.15) is 0 Å². The third kappa shape index (κ3) is 3.31. The van der Waals surface area contributed by atoms with E-state index in [9.17, 15) is 10.1 Å². The molecule has 0 spiro atoms. The number of hydrogen-bond acceptors (Lipinski definition) is 3. The Morgan fingerprint density at radius 3 is 2.76 bits per heavy atom. The van der Waals surface area contributed by atoms with Crippen molar-refractivity contribution < 1.29 is 4.92 Å². The van der Waals surface area contributed by atoms with E-state index in [0.29, 0.717) is 0 Å². The van der Waals surface area contributed by atoms with Gasteiger partial charge in [0.15, 0.2) is 0 Å².